The molecule has 0 aromatic rings. The van der Waals surface area contributed by atoms with Gasteiger partial charge in [-0.1, -0.05) is 12.8 Å². The summed E-state index contributed by atoms with van der Waals surface area (Å²) in [5.41, 5.74) is 4.65. The first-order valence-corrected chi connectivity index (χ1v) is 5.91. The van der Waals surface area contributed by atoms with Crippen molar-refractivity contribution in [2.75, 3.05) is 6.54 Å². The van der Waals surface area contributed by atoms with Gasteiger partial charge in [0.15, 0.2) is 0 Å². The number of ether oxygens (including phenoxy) is 1. The molecule has 0 spiro atoms. The third kappa shape index (κ3) is 10.5. The molecule has 0 amide bonds. The molecule has 0 rings (SSSR count). The van der Waals surface area contributed by atoms with E-state index in [0.29, 0.717) is 13.0 Å². The molecule has 0 fully saturated rings. The molecule has 1 atom stereocenters. The maximum Gasteiger partial charge on any atom is 1.00 e. The van der Waals surface area contributed by atoms with Gasteiger partial charge in [-0.25, -0.2) is 0 Å². The van der Waals surface area contributed by atoms with Crippen molar-refractivity contribution in [3.63, 3.8) is 0 Å². The van der Waals surface area contributed by atoms with Crippen LogP contribution >= 0.6 is 0 Å². The van der Waals surface area contributed by atoms with Crippen molar-refractivity contribution in [3.05, 3.63) is 0 Å². The van der Waals surface area contributed by atoms with Crippen molar-refractivity contribution in [3.8, 4) is 0 Å². The Bertz CT molecular complexity index is 263. The predicted molar refractivity (Wildman–Crippen MR) is 61.9 cm³/mol. The minimum Gasteiger partial charge on any atom is -0.549 e. The van der Waals surface area contributed by atoms with Crippen LogP contribution in [-0.4, -0.2) is 24.1 Å². The summed E-state index contributed by atoms with van der Waals surface area (Å²) in [6, 6.07) is 0. The van der Waals surface area contributed by atoms with Gasteiger partial charge in [0.2, 0.25) is 0 Å². The Labute approximate surface area is 151 Å². The fourth-order valence-corrected chi connectivity index (χ4v) is 1.37. The Balaban J connectivity index is 0. The number of nitrogens with two attached hydrogens (primary N) is 1. The Morgan fingerprint density at radius 3 is 2.17 bits per heavy atom. The van der Waals surface area contributed by atoms with Crippen LogP contribution in [0, 0.1) is 5.92 Å². The maximum atomic E-state index is 11.6. The van der Waals surface area contributed by atoms with E-state index in [0.717, 1.165) is 12.8 Å². The minimum absolute atomic E-state index is 0. The number of carboxylic acid groups (broad SMARTS) is 1. The van der Waals surface area contributed by atoms with Crippen molar-refractivity contribution in [1.29, 1.82) is 0 Å². The van der Waals surface area contributed by atoms with Gasteiger partial charge in [0, 0.05) is 0 Å². The first kappa shape index (κ1) is 20.8. The van der Waals surface area contributed by atoms with E-state index >= 15 is 0 Å². The van der Waals surface area contributed by atoms with E-state index in [1.165, 1.54) is 0 Å². The number of aliphatic carboxylic acids is 1. The number of esters is 1. The van der Waals surface area contributed by atoms with Crippen molar-refractivity contribution < 1.29 is 70.8 Å². The van der Waals surface area contributed by atoms with Crippen LogP contribution in [0.5, 0.6) is 0 Å². The van der Waals surface area contributed by atoms with E-state index in [2.05, 4.69) is 0 Å². The summed E-state index contributed by atoms with van der Waals surface area (Å²) >= 11 is 0. The summed E-state index contributed by atoms with van der Waals surface area (Å²) < 4.78 is 5.03. The third-order valence-electron chi connectivity index (χ3n) is 2.17. The molecular formula is C12H22KNO4. The van der Waals surface area contributed by atoms with Gasteiger partial charge in [0.25, 0.3) is 0 Å². The molecule has 18 heavy (non-hydrogen) atoms. The van der Waals surface area contributed by atoms with Crippen molar-refractivity contribution in [2.24, 2.45) is 11.7 Å². The van der Waals surface area contributed by atoms with Gasteiger partial charge in [0.05, 0.1) is 11.9 Å². The first-order chi connectivity index (χ1) is 7.78. The Kier molecular flexibility index (Phi) is 12.0. The number of carbonyl (C=O) groups is 2. The van der Waals surface area contributed by atoms with Gasteiger partial charge < -0.3 is 20.4 Å². The molecule has 0 bridgehead atoms. The summed E-state index contributed by atoms with van der Waals surface area (Å²) in [5.74, 6) is -3.26. The summed E-state index contributed by atoms with van der Waals surface area (Å²) in [6.45, 7) is 5.67. The molecule has 0 aliphatic rings. The Morgan fingerprint density at radius 1 is 1.22 bits per heavy atom. The molecule has 100 valence electrons. The van der Waals surface area contributed by atoms with Crippen molar-refractivity contribution in [2.45, 2.75) is 52.1 Å². The largest absolute Gasteiger partial charge is 1.00 e. The molecule has 0 radical (unpaired) electrons. The number of carboxylic acids is 1. The minimum atomic E-state index is -1.37. The number of hydrogen-bond donors (Lipinski definition) is 1. The number of hydrogen-bond acceptors (Lipinski definition) is 5. The van der Waals surface area contributed by atoms with E-state index in [1.807, 2.05) is 0 Å². The average molecular weight is 283 g/mol. The second kappa shape index (κ2) is 10.3. The van der Waals surface area contributed by atoms with Gasteiger partial charge in [-0.2, -0.15) is 0 Å². The van der Waals surface area contributed by atoms with Gasteiger partial charge >= 0.3 is 57.4 Å². The standard InChI is InChI=1S/C12H23NO4.K/c1-12(2,3)17-11(16)9(10(14)15)7-5-4-6-8-13;/h9H,4-8,13H2,1-3H3,(H,14,15);/q;+1/p-1. The van der Waals surface area contributed by atoms with Gasteiger partial charge in [-0.3, -0.25) is 4.79 Å². The summed E-state index contributed by atoms with van der Waals surface area (Å²) in [4.78, 5) is 22.5. The van der Waals surface area contributed by atoms with E-state index in [1.54, 1.807) is 20.8 Å². The fourth-order valence-electron chi connectivity index (χ4n) is 1.37. The quantitative estimate of drug-likeness (QED) is 0.236. The topological polar surface area (TPSA) is 92.5 Å². The normalized spacial score (nSPS) is 12.4. The second-order valence-corrected chi connectivity index (χ2v) is 5.04. The van der Waals surface area contributed by atoms with Crippen molar-refractivity contribution in [1.82, 2.24) is 0 Å². The Hall–Kier alpha value is 0.536. The molecular weight excluding hydrogens is 261 g/mol. The molecule has 2 N–H and O–H groups in total. The van der Waals surface area contributed by atoms with Crippen LogP contribution in [0.15, 0.2) is 0 Å². The van der Waals surface area contributed by atoms with Crippen LogP contribution in [0.25, 0.3) is 0 Å². The number of unbranched alkanes of at least 4 members (excludes halogenated alkanes) is 2. The fraction of sp³-hybridized carbons (Fsp3) is 0.833. The zero-order chi connectivity index (χ0) is 13.5. The van der Waals surface area contributed by atoms with Crippen LogP contribution in [0.1, 0.15) is 46.5 Å². The molecule has 0 heterocycles. The Morgan fingerprint density at radius 2 is 1.78 bits per heavy atom. The van der Waals surface area contributed by atoms with Gasteiger partial charge in [-0.05, 0) is 40.2 Å². The van der Waals surface area contributed by atoms with E-state index < -0.39 is 23.5 Å². The van der Waals surface area contributed by atoms with Gasteiger partial charge in [-0.15, -0.1) is 0 Å². The van der Waals surface area contributed by atoms with E-state index in [4.69, 9.17) is 10.5 Å². The molecule has 5 nitrogen and oxygen atoms in total. The molecule has 0 saturated heterocycles. The first-order valence-electron chi connectivity index (χ1n) is 5.91. The van der Waals surface area contributed by atoms with Crippen LogP contribution in [0.4, 0.5) is 0 Å². The third-order valence-corrected chi connectivity index (χ3v) is 2.17. The molecule has 0 aliphatic heterocycles. The molecule has 0 aromatic carbocycles. The number of rotatable bonds is 7. The van der Waals surface area contributed by atoms with Crippen molar-refractivity contribution >= 4 is 11.9 Å². The molecule has 0 aliphatic carbocycles. The smallest absolute Gasteiger partial charge is 0.549 e. The van der Waals surface area contributed by atoms with Crippen LogP contribution in [0.3, 0.4) is 0 Å². The second-order valence-electron chi connectivity index (χ2n) is 5.04. The zero-order valence-electron chi connectivity index (χ0n) is 11.8. The SMILES string of the molecule is CC(C)(C)OC(=O)C(CCCCCN)C(=O)[O-].[K+]. The van der Waals surface area contributed by atoms with E-state index in [9.17, 15) is 14.7 Å². The van der Waals surface area contributed by atoms with Crippen LogP contribution in [-0.2, 0) is 14.3 Å². The zero-order valence-corrected chi connectivity index (χ0v) is 14.9. The maximum absolute atomic E-state index is 11.6. The monoisotopic (exact) mass is 283 g/mol. The van der Waals surface area contributed by atoms with Crippen LogP contribution < -0.4 is 62.2 Å². The molecule has 1 unspecified atom stereocenters. The predicted octanol–water partition coefficient (Wildman–Crippen LogP) is -2.78. The summed E-state index contributed by atoms with van der Waals surface area (Å²) in [7, 11) is 0. The van der Waals surface area contributed by atoms with E-state index in [-0.39, 0.29) is 57.8 Å². The number of carbonyl (C=O) groups excluding carboxylic acids is 2. The van der Waals surface area contributed by atoms with Crippen LogP contribution in [0.2, 0.25) is 0 Å². The average Bonchev–Trinajstić information content (AvgIpc) is 2.14. The molecule has 6 heteroatoms. The van der Waals surface area contributed by atoms with Gasteiger partial charge in [0.1, 0.15) is 5.60 Å². The summed E-state index contributed by atoms with van der Waals surface area (Å²) in [6.07, 6.45) is 2.52. The summed E-state index contributed by atoms with van der Waals surface area (Å²) in [5, 5.41) is 10.9. The molecule has 0 saturated carbocycles. The molecule has 0 aromatic heterocycles.